The number of nitrogens with zero attached hydrogens (tertiary/aromatic N) is 2. The van der Waals surface area contributed by atoms with Crippen LogP contribution >= 0.6 is 0 Å². The summed E-state index contributed by atoms with van der Waals surface area (Å²) in [5.74, 6) is -0.489. The smallest absolute Gasteiger partial charge is 0.258 e. The van der Waals surface area contributed by atoms with Crippen molar-refractivity contribution >= 4 is 5.69 Å². The number of hydrogen-bond acceptors (Lipinski definition) is 3. The van der Waals surface area contributed by atoms with Gasteiger partial charge in [-0.25, -0.2) is 4.39 Å². The molecule has 0 bridgehead atoms. The highest BCUT2D eigenvalue weighted by Crippen LogP contribution is 2.32. The lowest BCUT2D eigenvalue weighted by molar-refractivity contribution is -0.385. The molecular formula is C16H17FN2O2. The maximum atomic E-state index is 14.3. The van der Waals surface area contributed by atoms with Crippen molar-refractivity contribution in [2.45, 2.75) is 34.6 Å². The molecule has 0 radical (unpaired) electrons. The molecule has 0 fully saturated rings. The molecule has 0 aliphatic rings. The summed E-state index contributed by atoms with van der Waals surface area (Å²) in [6.07, 6.45) is 0. The fourth-order valence-corrected chi connectivity index (χ4v) is 2.37. The molecule has 0 aliphatic heterocycles. The van der Waals surface area contributed by atoms with E-state index in [2.05, 4.69) is 4.98 Å². The molecule has 2 aromatic rings. The van der Waals surface area contributed by atoms with Crippen molar-refractivity contribution in [3.63, 3.8) is 0 Å². The Balaban J connectivity index is 2.79. The Labute approximate surface area is 122 Å². The van der Waals surface area contributed by atoms with Crippen molar-refractivity contribution in [3.05, 3.63) is 56.0 Å². The lowest BCUT2D eigenvalue weighted by Crippen LogP contribution is -2.02. The first kappa shape index (κ1) is 15.1. The zero-order chi connectivity index (χ0) is 15.9. The van der Waals surface area contributed by atoms with E-state index >= 15 is 0 Å². The van der Waals surface area contributed by atoms with Crippen LogP contribution in [0.2, 0.25) is 0 Å². The van der Waals surface area contributed by atoms with Crippen LogP contribution in [0, 0.1) is 50.6 Å². The first-order valence-electron chi connectivity index (χ1n) is 6.63. The van der Waals surface area contributed by atoms with Crippen LogP contribution in [0.5, 0.6) is 0 Å². The number of nitro groups is 1. The van der Waals surface area contributed by atoms with Gasteiger partial charge in [-0.2, -0.15) is 0 Å². The molecule has 1 aromatic heterocycles. The third kappa shape index (κ3) is 2.51. The van der Waals surface area contributed by atoms with Crippen LogP contribution in [-0.4, -0.2) is 9.91 Å². The third-order valence-corrected chi connectivity index (χ3v) is 4.04. The van der Waals surface area contributed by atoms with E-state index in [1.165, 1.54) is 19.1 Å². The van der Waals surface area contributed by atoms with Gasteiger partial charge in [0.25, 0.3) is 5.69 Å². The molecule has 5 heteroatoms. The summed E-state index contributed by atoms with van der Waals surface area (Å²) >= 11 is 0. The first-order valence-corrected chi connectivity index (χ1v) is 6.63. The Morgan fingerprint density at radius 1 is 1.05 bits per heavy atom. The van der Waals surface area contributed by atoms with Crippen LogP contribution in [0.4, 0.5) is 10.1 Å². The quantitative estimate of drug-likeness (QED) is 0.610. The van der Waals surface area contributed by atoms with Gasteiger partial charge in [0.15, 0.2) is 0 Å². The van der Waals surface area contributed by atoms with Gasteiger partial charge >= 0.3 is 0 Å². The van der Waals surface area contributed by atoms with Crippen LogP contribution in [0.1, 0.15) is 27.9 Å². The molecule has 0 aliphatic carbocycles. The largest absolute Gasteiger partial charge is 0.273 e. The number of aryl methyl sites for hydroxylation is 2. The van der Waals surface area contributed by atoms with Crippen LogP contribution in [0.25, 0.3) is 11.3 Å². The van der Waals surface area contributed by atoms with E-state index in [9.17, 15) is 14.5 Å². The van der Waals surface area contributed by atoms with E-state index in [1.807, 2.05) is 27.7 Å². The second-order valence-electron chi connectivity index (χ2n) is 5.30. The highest BCUT2D eigenvalue weighted by atomic mass is 19.1. The molecule has 0 N–H and O–H groups in total. The molecule has 0 atom stereocenters. The zero-order valence-electron chi connectivity index (χ0n) is 12.7. The predicted molar refractivity (Wildman–Crippen MR) is 80.0 cm³/mol. The average molecular weight is 288 g/mol. The van der Waals surface area contributed by atoms with Gasteiger partial charge in [0.1, 0.15) is 5.82 Å². The number of aromatic nitrogens is 1. The summed E-state index contributed by atoms with van der Waals surface area (Å²) in [7, 11) is 0. The molecular weight excluding hydrogens is 271 g/mol. The monoisotopic (exact) mass is 288 g/mol. The van der Waals surface area contributed by atoms with E-state index in [4.69, 9.17) is 0 Å². The second-order valence-corrected chi connectivity index (χ2v) is 5.30. The molecule has 0 spiro atoms. The van der Waals surface area contributed by atoms with Gasteiger partial charge in [-0.05, 0) is 57.4 Å². The molecule has 0 saturated heterocycles. The standard InChI is InChI=1S/C16H17FN2O2/c1-8-6-14(17)13(7-15(8)19(20)21)16-11(4)9(2)10(3)12(5)18-16/h6-7H,1-5H3. The lowest BCUT2D eigenvalue weighted by atomic mass is 9.97. The predicted octanol–water partition coefficient (Wildman–Crippen LogP) is 4.34. The highest BCUT2D eigenvalue weighted by molar-refractivity contribution is 5.69. The zero-order valence-corrected chi connectivity index (χ0v) is 12.7. The number of rotatable bonds is 2. The fourth-order valence-electron chi connectivity index (χ4n) is 2.37. The van der Waals surface area contributed by atoms with E-state index in [0.717, 1.165) is 22.4 Å². The second kappa shape index (κ2) is 5.24. The van der Waals surface area contributed by atoms with E-state index in [0.29, 0.717) is 11.3 Å². The summed E-state index contributed by atoms with van der Waals surface area (Å²) < 4.78 is 14.3. The van der Waals surface area contributed by atoms with Gasteiger partial charge in [0.05, 0.1) is 10.6 Å². The number of nitro benzene ring substituents is 1. The minimum Gasteiger partial charge on any atom is -0.258 e. The van der Waals surface area contributed by atoms with Crippen molar-refractivity contribution in [3.8, 4) is 11.3 Å². The lowest BCUT2D eigenvalue weighted by Gasteiger charge is -2.14. The molecule has 110 valence electrons. The van der Waals surface area contributed by atoms with Crippen molar-refractivity contribution in [2.75, 3.05) is 0 Å². The Morgan fingerprint density at radius 3 is 2.24 bits per heavy atom. The van der Waals surface area contributed by atoms with Crippen molar-refractivity contribution < 1.29 is 9.31 Å². The van der Waals surface area contributed by atoms with Crippen molar-refractivity contribution in [2.24, 2.45) is 0 Å². The van der Waals surface area contributed by atoms with E-state index in [-0.39, 0.29) is 11.3 Å². The summed E-state index contributed by atoms with van der Waals surface area (Å²) in [4.78, 5) is 15.0. The van der Waals surface area contributed by atoms with Crippen LogP contribution in [-0.2, 0) is 0 Å². The molecule has 0 unspecified atom stereocenters. The number of hydrogen-bond donors (Lipinski definition) is 0. The van der Waals surface area contributed by atoms with Gasteiger partial charge in [0, 0.05) is 22.9 Å². The van der Waals surface area contributed by atoms with E-state index < -0.39 is 10.7 Å². The summed E-state index contributed by atoms with van der Waals surface area (Å²) in [6.45, 7) is 9.14. The van der Waals surface area contributed by atoms with Gasteiger partial charge < -0.3 is 0 Å². The third-order valence-electron chi connectivity index (χ3n) is 4.04. The number of benzene rings is 1. The SMILES string of the molecule is Cc1cc(F)c(-c2nc(C)c(C)c(C)c2C)cc1[N+](=O)[O-]. The Morgan fingerprint density at radius 2 is 1.67 bits per heavy atom. The van der Waals surface area contributed by atoms with Gasteiger partial charge in [-0.3, -0.25) is 15.1 Å². The Hall–Kier alpha value is -2.30. The molecule has 0 amide bonds. The van der Waals surface area contributed by atoms with Gasteiger partial charge in [-0.1, -0.05) is 0 Å². The van der Waals surface area contributed by atoms with Gasteiger partial charge in [-0.15, -0.1) is 0 Å². The Kier molecular flexibility index (Phi) is 3.77. The normalized spacial score (nSPS) is 10.8. The number of halogens is 1. The van der Waals surface area contributed by atoms with E-state index in [1.54, 1.807) is 0 Å². The molecule has 1 heterocycles. The van der Waals surface area contributed by atoms with Crippen molar-refractivity contribution in [1.82, 2.24) is 4.98 Å². The van der Waals surface area contributed by atoms with Gasteiger partial charge in [0.2, 0.25) is 0 Å². The molecule has 0 saturated carbocycles. The molecule has 2 rings (SSSR count). The van der Waals surface area contributed by atoms with Crippen LogP contribution < -0.4 is 0 Å². The fraction of sp³-hybridized carbons (Fsp3) is 0.312. The molecule has 1 aromatic carbocycles. The Bertz CT molecular complexity index is 755. The summed E-state index contributed by atoms with van der Waals surface area (Å²) in [5, 5.41) is 11.1. The average Bonchev–Trinajstić information content (AvgIpc) is 2.41. The minimum absolute atomic E-state index is 0.0940. The maximum Gasteiger partial charge on any atom is 0.273 e. The topological polar surface area (TPSA) is 56.0 Å². The molecule has 4 nitrogen and oxygen atoms in total. The highest BCUT2D eigenvalue weighted by Gasteiger charge is 2.20. The van der Waals surface area contributed by atoms with Crippen LogP contribution in [0.3, 0.4) is 0 Å². The number of pyridine rings is 1. The van der Waals surface area contributed by atoms with Crippen LogP contribution in [0.15, 0.2) is 12.1 Å². The summed E-state index contributed by atoms with van der Waals surface area (Å²) in [5.41, 5.74) is 4.58. The van der Waals surface area contributed by atoms with Crippen molar-refractivity contribution in [1.29, 1.82) is 0 Å². The first-order chi connectivity index (χ1) is 9.73. The minimum atomic E-state index is -0.499. The summed E-state index contributed by atoms with van der Waals surface area (Å²) in [6, 6.07) is 2.47. The molecule has 21 heavy (non-hydrogen) atoms. The maximum absolute atomic E-state index is 14.3.